The maximum absolute atomic E-state index is 14.1. The van der Waals surface area contributed by atoms with E-state index >= 15 is 0 Å². The maximum Gasteiger partial charge on any atom is 0.141 e. The summed E-state index contributed by atoms with van der Waals surface area (Å²) in [4.78, 5) is 21.6. The van der Waals surface area contributed by atoms with Gasteiger partial charge in [0.15, 0.2) is 0 Å². The fraction of sp³-hybridized carbons (Fsp3) is 0.458. The van der Waals surface area contributed by atoms with Crippen LogP contribution in [-0.2, 0) is 11.2 Å². The Morgan fingerprint density at radius 3 is 2.84 bits per heavy atom. The van der Waals surface area contributed by atoms with Crippen LogP contribution in [0.25, 0.3) is 0 Å². The number of hydrogen-bond donors (Lipinski definition) is 1. The Morgan fingerprint density at radius 1 is 1.42 bits per heavy atom. The third-order valence-corrected chi connectivity index (χ3v) is 6.29. The number of carbonyl (C=O) groups excluding carboxylic acids is 1. The highest BCUT2D eigenvalue weighted by atomic mass is 19.1. The third-order valence-electron chi connectivity index (χ3n) is 6.29. The van der Waals surface area contributed by atoms with Gasteiger partial charge in [0.25, 0.3) is 0 Å². The molecule has 6 nitrogen and oxygen atoms in total. The lowest BCUT2D eigenvalue weighted by atomic mass is 9.98. The van der Waals surface area contributed by atoms with Crippen molar-refractivity contribution in [3.8, 4) is 0 Å². The van der Waals surface area contributed by atoms with Gasteiger partial charge in [-0.2, -0.15) is 0 Å². The van der Waals surface area contributed by atoms with Crippen LogP contribution in [0.15, 0.2) is 53.6 Å². The summed E-state index contributed by atoms with van der Waals surface area (Å²) < 4.78 is 14.1. The number of nitrogens with two attached hydrogens (primary N) is 1. The van der Waals surface area contributed by atoms with Crippen LogP contribution < -0.4 is 5.73 Å². The molecule has 3 aliphatic rings. The van der Waals surface area contributed by atoms with Crippen LogP contribution in [0.5, 0.6) is 0 Å². The van der Waals surface area contributed by atoms with Crippen molar-refractivity contribution < 1.29 is 9.18 Å². The van der Waals surface area contributed by atoms with E-state index in [9.17, 15) is 4.39 Å². The minimum Gasteiger partial charge on any atom is -0.349 e. The van der Waals surface area contributed by atoms with Gasteiger partial charge >= 0.3 is 0 Å². The summed E-state index contributed by atoms with van der Waals surface area (Å²) in [6.07, 6.45) is 13.1. The van der Waals surface area contributed by atoms with Crippen molar-refractivity contribution in [3.63, 3.8) is 0 Å². The lowest BCUT2D eigenvalue weighted by Crippen LogP contribution is -2.33. The molecule has 1 aromatic heterocycles. The topological polar surface area (TPSA) is 74.8 Å². The maximum atomic E-state index is 14.1. The Morgan fingerprint density at radius 2 is 2.16 bits per heavy atom. The van der Waals surface area contributed by atoms with Gasteiger partial charge < -0.3 is 20.3 Å². The van der Waals surface area contributed by atoms with Gasteiger partial charge in [0.2, 0.25) is 0 Å². The van der Waals surface area contributed by atoms with Gasteiger partial charge in [-0.15, -0.1) is 0 Å². The number of amidine groups is 1. The number of aliphatic imine (C=N–C) groups is 1. The predicted molar refractivity (Wildman–Crippen MR) is 122 cm³/mol. The number of hydrogen-bond acceptors (Lipinski definition) is 6. The number of rotatable bonds is 5. The summed E-state index contributed by atoms with van der Waals surface area (Å²) in [5.41, 5.74) is 9.22. The number of allylic oxidation sites excluding steroid dienone is 2. The molecule has 0 amide bonds. The molecule has 1 aliphatic carbocycles. The smallest absolute Gasteiger partial charge is 0.141 e. The molecule has 0 spiro atoms. The summed E-state index contributed by atoms with van der Waals surface area (Å²) in [7, 11) is 1.98. The average molecular weight is 426 g/mol. The van der Waals surface area contributed by atoms with E-state index in [1.807, 2.05) is 44.0 Å². The number of carbonyl (C=O) groups is 1. The third kappa shape index (κ3) is 5.10. The van der Waals surface area contributed by atoms with E-state index in [-0.39, 0.29) is 17.4 Å². The van der Waals surface area contributed by atoms with Gasteiger partial charge in [-0.05, 0) is 68.7 Å². The van der Waals surface area contributed by atoms with Gasteiger partial charge in [-0.3, -0.25) is 4.98 Å². The lowest BCUT2D eigenvalue weighted by molar-refractivity contribution is -0.0979. The first-order valence-electron chi connectivity index (χ1n) is 10.7. The second-order valence-electron chi connectivity index (χ2n) is 8.51. The highest BCUT2D eigenvalue weighted by Crippen LogP contribution is 2.39. The van der Waals surface area contributed by atoms with Crippen LogP contribution in [0.2, 0.25) is 0 Å². The van der Waals surface area contributed by atoms with E-state index in [0.717, 1.165) is 73.6 Å². The van der Waals surface area contributed by atoms with Crippen LogP contribution in [0.3, 0.4) is 0 Å². The van der Waals surface area contributed by atoms with E-state index in [4.69, 9.17) is 15.5 Å². The Balaban J connectivity index is 0.00000132. The van der Waals surface area contributed by atoms with Crippen molar-refractivity contribution in [2.24, 2.45) is 10.7 Å². The normalized spacial score (nSPS) is 23.1. The second kappa shape index (κ2) is 9.56. The van der Waals surface area contributed by atoms with Gasteiger partial charge in [0, 0.05) is 31.0 Å². The molecular formula is C24H32FN5O. The Hall–Kier alpha value is -2.80. The monoisotopic (exact) mass is 425 g/mol. The molecular weight excluding hydrogens is 393 g/mol. The quantitative estimate of drug-likeness (QED) is 0.775. The molecule has 0 radical (unpaired) electrons. The van der Waals surface area contributed by atoms with Crippen molar-refractivity contribution in [1.82, 2.24) is 14.8 Å². The number of aromatic nitrogens is 1. The minimum absolute atomic E-state index is 0.0363. The molecule has 166 valence electrons. The average Bonchev–Trinajstić information content (AvgIpc) is 3.32. The summed E-state index contributed by atoms with van der Waals surface area (Å²) in [6, 6.07) is 1.74. The Labute approximate surface area is 184 Å². The predicted octanol–water partition coefficient (Wildman–Crippen LogP) is 3.87. The summed E-state index contributed by atoms with van der Waals surface area (Å²) in [6.45, 7) is 8.78. The highest BCUT2D eigenvalue weighted by Gasteiger charge is 2.38. The fourth-order valence-corrected chi connectivity index (χ4v) is 4.21. The van der Waals surface area contributed by atoms with Crippen LogP contribution >= 0.6 is 0 Å². The summed E-state index contributed by atoms with van der Waals surface area (Å²) in [5, 5.41) is 0. The van der Waals surface area contributed by atoms with E-state index < -0.39 is 0 Å². The molecule has 2 aliphatic heterocycles. The molecule has 1 saturated heterocycles. The molecule has 3 heterocycles. The highest BCUT2D eigenvalue weighted by molar-refractivity contribution is 5.95. The summed E-state index contributed by atoms with van der Waals surface area (Å²) >= 11 is 0. The number of likely N-dealkylation sites (tertiary alicyclic amines) is 1. The first-order valence-corrected chi connectivity index (χ1v) is 10.7. The van der Waals surface area contributed by atoms with Crippen molar-refractivity contribution in [1.29, 1.82) is 0 Å². The SMILES string of the molecule is C=C/C(C)=C1/N=C(N2CCCC2c2cc(F)cnc2CCC2(N)CC2)C=CN1C.C=O. The number of nitrogens with zero attached hydrogens (tertiary/aromatic N) is 4. The zero-order valence-electron chi connectivity index (χ0n) is 18.5. The Kier molecular flexibility index (Phi) is 7.05. The summed E-state index contributed by atoms with van der Waals surface area (Å²) in [5.74, 6) is 1.52. The van der Waals surface area contributed by atoms with Gasteiger partial charge in [0.05, 0.1) is 12.2 Å². The van der Waals surface area contributed by atoms with Crippen LogP contribution in [0, 0.1) is 5.82 Å². The van der Waals surface area contributed by atoms with E-state index in [0.29, 0.717) is 0 Å². The molecule has 1 saturated carbocycles. The number of pyridine rings is 1. The van der Waals surface area contributed by atoms with E-state index in [1.54, 1.807) is 6.07 Å². The first kappa shape index (κ1) is 22.9. The fourth-order valence-electron chi connectivity index (χ4n) is 4.21. The molecule has 4 rings (SSSR count). The number of aryl methyl sites for hydroxylation is 1. The zero-order valence-corrected chi connectivity index (χ0v) is 18.5. The van der Waals surface area contributed by atoms with Gasteiger partial charge in [-0.25, -0.2) is 9.38 Å². The van der Waals surface area contributed by atoms with Crippen LogP contribution in [0.4, 0.5) is 4.39 Å². The van der Waals surface area contributed by atoms with Crippen molar-refractivity contribution in [2.45, 2.75) is 57.0 Å². The molecule has 1 atom stereocenters. The minimum atomic E-state index is -0.284. The first-order chi connectivity index (χ1) is 14.9. The van der Waals surface area contributed by atoms with E-state index in [2.05, 4.69) is 16.5 Å². The van der Waals surface area contributed by atoms with Crippen molar-refractivity contribution in [2.75, 3.05) is 13.6 Å². The molecule has 1 unspecified atom stereocenters. The molecule has 2 N–H and O–H groups in total. The van der Waals surface area contributed by atoms with Crippen LogP contribution in [-0.4, -0.2) is 46.5 Å². The number of halogens is 1. The standard InChI is InChI=1S/C23H30FN5.CH2O/c1-4-16(2)22-27-21(8-13-28(22)3)29-12-5-6-20(29)18-14-17(24)15-26-19(18)7-9-23(25)10-11-23;1-2/h4,8,13-15,20H,1,5-7,9-12,25H2,2-3H3;1H2/b22-16-;. The molecule has 31 heavy (non-hydrogen) atoms. The lowest BCUT2D eigenvalue weighted by Gasteiger charge is -2.31. The van der Waals surface area contributed by atoms with Gasteiger partial charge in [-0.1, -0.05) is 12.7 Å². The molecule has 1 aromatic rings. The molecule has 7 heteroatoms. The Bertz CT molecular complexity index is 919. The molecule has 0 aromatic carbocycles. The van der Waals surface area contributed by atoms with Crippen LogP contribution in [0.1, 0.15) is 56.3 Å². The largest absolute Gasteiger partial charge is 0.349 e. The second-order valence-corrected chi connectivity index (χ2v) is 8.51. The van der Waals surface area contributed by atoms with Crippen molar-refractivity contribution >= 4 is 12.6 Å². The van der Waals surface area contributed by atoms with Crippen molar-refractivity contribution in [3.05, 3.63) is 65.7 Å². The molecule has 2 fully saturated rings. The molecule has 0 bridgehead atoms. The van der Waals surface area contributed by atoms with Gasteiger partial charge in [0.1, 0.15) is 24.3 Å². The van der Waals surface area contributed by atoms with E-state index in [1.165, 1.54) is 6.20 Å². The zero-order chi connectivity index (χ0) is 22.6.